The molecule has 1 aromatic heterocycles. The van der Waals surface area contributed by atoms with Crippen molar-refractivity contribution in [2.75, 3.05) is 24.5 Å². The molecule has 2 saturated heterocycles. The quantitative estimate of drug-likeness (QED) is 0.602. The van der Waals surface area contributed by atoms with Gasteiger partial charge in [-0.2, -0.15) is 0 Å². The van der Waals surface area contributed by atoms with E-state index in [0.717, 1.165) is 37.3 Å². The molecule has 6 heteroatoms. The number of rotatable bonds is 6. The number of nitrogens with zero attached hydrogens (tertiary/aromatic N) is 3. The number of hydrogen-bond donors (Lipinski definition) is 2. The molecular weight excluding hydrogens is 340 g/mol. The highest BCUT2D eigenvalue weighted by Crippen LogP contribution is 2.34. The zero-order chi connectivity index (χ0) is 18.8. The van der Waals surface area contributed by atoms with Crippen LogP contribution in [0.5, 0.6) is 5.75 Å². The number of ketones is 1. The minimum absolute atomic E-state index is 0.0189. The maximum absolute atomic E-state index is 12.3. The fourth-order valence-electron chi connectivity index (χ4n) is 4.00. The number of allylic oxidation sites excluding steroid dienone is 1. The minimum Gasteiger partial charge on any atom is -0.507 e. The number of fused-ring (bicyclic) bond motifs is 2. The maximum atomic E-state index is 12.3. The SMILES string of the molecule is NCCc1ccc(N2C[C@@H]3C[C@H]2CN3/C=C/C(=O)c2ccccc2O)nc1. The van der Waals surface area contributed by atoms with E-state index in [0.29, 0.717) is 24.2 Å². The molecule has 6 nitrogen and oxygen atoms in total. The van der Waals surface area contributed by atoms with Crippen molar-refractivity contribution in [3.8, 4) is 5.75 Å². The molecular formula is C21H24N4O2. The predicted molar refractivity (Wildman–Crippen MR) is 105 cm³/mol. The summed E-state index contributed by atoms with van der Waals surface area (Å²) < 4.78 is 0. The summed E-state index contributed by atoms with van der Waals surface area (Å²) in [6.07, 6.45) is 7.26. The Morgan fingerprint density at radius 1 is 1.22 bits per heavy atom. The Bertz CT molecular complexity index is 850. The van der Waals surface area contributed by atoms with Crippen molar-refractivity contribution < 1.29 is 9.90 Å². The van der Waals surface area contributed by atoms with Crippen LogP contribution in [0, 0.1) is 0 Å². The number of anilines is 1. The van der Waals surface area contributed by atoms with E-state index in [1.165, 1.54) is 6.07 Å². The highest BCUT2D eigenvalue weighted by atomic mass is 16.3. The molecule has 0 aliphatic carbocycles. The van der Waals surface area contributed by atoms with E-state index in [-0.39, 0.29) is 11.5 Å². The first kappa shape index (κ1) is 17.5. The highest BCUT2D eigenvalue weighted by molar-refractivity contribution is 6.06. The van der Waals surface area contributed by atoms with Crippen LogP contribution in [-0.4, -0.2) is 52.5 Å². The standard InChI is InChI=1S/C21H24N4O2/c22-9-7-15-5-6-21(23-12-15)25-14-16-11-17(25)13-24(16)10-8-20(27)18-3-1-2-4-19(18)26/h1-6,8,10,12,16-17,26H,7,9,11,13-14,22H2/b10-8+/t16-,17-/m0/s1. The van der Waals surface area contributed by atoms with Crippen LogP contribution in [0.4, 0.5) is 5.82 Å². The molecule has 2 fully saturated rings. The molecule has 0 amide bonds. The molecule has 2 aliphatic rings. The Hall–Kier alpha value is -2.86. The van der Waals surface area contributed by atoms with Crippen molar-refractivity contribution in [1.29, 1.82) is 0 Å². The van der Waals surface area contributed by atoms with Crippen molar-refractivity contribution in [2.45, 2.75) is 24.9 Å². The summed E-state index contributed by atoms with van der Waals surface area (Å²) in [5.41, 5.74) is 7.09. The minimum atomic E-state index is -0.176. The predicted octanol–water partition coefficient (Wildman–Crippen LogP) is 1.95. The van der Waals surface area contributed by atoms with Gasteiger partial charge in [0, 0.05) is 43.6 Å². The summed E-state index contributed by atoms with van der Waals surface area (Å²) in [6.45, 7) is 2.42. The summed E-state index contributed by atoms with van der Waals surface area (Å²) in [4.78, 5) is 21.5. The average molecular weight is 364 g/mol. The Balaban J connectivity index is 1.38. The van der Waals surface area contributed by atoms with Gasteiger partial charge < -0.3 is 20.6 Å². The van der Waals surface area contributed by atoms with Gasteiger partial charge in [-0.25, -0.2) is 4.98 Å². The number of carbonyl (C=O) groups is 1. The fourth-order valence-corrected chi connectivity index (χ4v) is 4.00. The van der Waals surface area contributed by atoms with Crippen LogP contribution in [0.25, 0.3) is 0 Å². The maximum Gasteiger partial charge on any atom is 0.190 e. The summed E-state index contributed by atoms with van der Waals surface area (Å²) in [6, 6.07) is 11.6. The largest absolute Gasteiger partial charge is 0.507 e. The smallest absolute Gasteiger partial charge is 0.190 e. The van der Waals surface area contributed by atoms with Crippen LogP contribution in [0.2, 0.25) is 0 Å². The van der Waals surface area contributed by atoms with Crippen LogP contribution < -0.4 is 10.6 Å². The van der Waals surface area contributed by atoms with E-state index in [4.69, 9.17) is 5.73 Å². The lowest BCUT2D eigenvalue weighted by Gasteiger charge is -2.34. The van der Waals surface area contributed by atoms with Crippen LogP contribution in [0.1, 0.15) is 22.3 Å². The van der Waals surface area contributed by atoms with Gasteiger partial charge in [0.2, 0.25) is 0 Å². The van der Waals surface area contributed by atoms with E-state index in [9.17, 15) is 9.90 Å². The van der Waals surface area contributed by atoms with Crippen LogP contribution in [-0.2, 0) is 6.42 Å². The zero-order valence-electron chi connectivity index (χ0n) is 15.2. The second-order valence-electron chi connectivity index (χ2n) is 7.15. The number of benzene rings is 1. The number of para-hydroxylation sites is 1. The molecule has 3 heterocycles. The van der Waals surface area contributed by atoms with Crippen molar-refractivity contribution in [1.82, 2.24) is 9.88 Å². The van der Waals surface area contributed by atoms with Crippen molar-refractivity contribution >= 4 is 11.6 Å². The first-order chi connectivity index (χ1) is 13.2. The molecule has 2 atom stereocenters. The molecule has 4 rings (SSSR count). The summed E-state index contributed by atoms with van der Waals surface area (Å²) in [5, 5.41) is 9.80. The van der Waals surface area contributed by atoms with Gasteiger partial charge >= 0.3 is 0 Å². The van der Waals surface area contributed by atoms with Gasteiger partial charge in [0.15, 0.2) is 5.78 Å². The van der Waals surface area contributed by atoms with Gasteiger partial charge in [-0.3, -0.25) is 4.79 Å². The molecule has 2 bridgehead atoms. The van der Waals surface area contributed by atoms with Gasteiger partial charge in [0.25, 0.3) is 0 Å². The first-order valence-corrected chi connectivity index (χ1v) is 9.33. The Labute approximate surface area is 158 Å². The van der Waals surface area contributed by atoms with Gasteiger partial charge in [-0.15, -0.1) is 0 Å². The van der Waals surface area contributed by atoms with Crippen molar-refractivity contribution in [3.05, 3.63) is 66.0 Å². The fraction of sp³-hybridized carbons (Fsp3) is 0.333. The van der Waals surface area contributed by atoms with E-state index in [2.05, 4.69) is 26.9 Å². The number of carbonyl (C=O) groups excluding carboxylic acids is 1. The van der Waals surface area contributed by atoms with E-state index < -0.39 is 0 Å². The summed E-state index contributed by atoms with van der Waals surface area (Å²) in [5.74, 6) is 0.854. The van der Waals surface area contributed by atoms with Gasteiger partial charge in [0.1, 0.15) is 11.6 Å². The van der Waals surface area contributed by atoms with Crippen LogP contribution in [0.15, 0.2) is 54.9 Å². The molecule has 2 aromatic rings. The molecule has 140 valence electrons. The zero-order valence-corrected chi connectivity index (χ0v) is 15.2. The number of nitrogens with two attached hydrogens (primary N) is 1. The Kier molecular flexibility index (Phi) is 4.81. The average Bonchev–Trinajstić information content (AvgIpc) is 3.28. The van der Waals surface area contributed by atoms with E-state index in [1.807, 2.05) is 12.4 Å². The number of aromatic hydroxyl groups is 1. The van der Waals surface area contributed by atoms with Crippen molar-refractivity contribution in [3.63, 3.8) is 0 Å². The number of phenolic OH excluding ortho intramolecular Hbond substituents is 1. The second kappa shape index (κ2) is 7.40. The lowest BCUT2D eigenvalue weighted by Crippen LogP contribution is -2.44. The van der Waals surface area contributed by atoms with E-state index in [1.54, 1.807) is 24.3 Å². The third-order valence-electron chi connectivity index (χ3n) is 5.41. The van der Waals surface area contributed by atoms with Crippen molar-refractivity contribution in [2.24, 2.45) is 5.73 Å². The second-order valence-corrected chi connectivity index (χ2v) is 7.15. The highest BCUT2D eigenvalue weighted by Gasteiger charge is 2.42. The molecule has 27 heavy (non-hydrogen) atoms. The number of pyridine rings is 1. The molecule has 0 unspecified atom stereocenters. The van der Waals surface area contributed by atoms with E-state index >= 15 is 0 Å². The number of aromatic nitrogens is 1. The Morgan fingerprint density at radius 2 is 2.07 bits per heavy atom. The van der Waals surface area contributed by atoms with Gasteiger partial charge in [-0.1, -0.05) is 18.2 Å². The number of piperazine rings is 1. The molecule has 0 spiro atoms. The first-order valence-electron chi connectivity index (χ1n) is 9.33. The Morgan fingerprint density at radius 3 is 2.74 bits per heavy atom. The third-order valence-corrected chi connectivity index (χ3v) is 5.41. The van der Waals surface area contributed by atoms with Gasteiger partial charge in [-0.05, 0) is 43.1 Å². The van der Waals surface area contributed by atoms with Crippen LogP contribution >= 0.6 is 0 Å². The molecule has 0 radical (unpaired) electrons. The topological polar surface area (TPSA) is 82.7 Å². The van der Waals surface area contributed by atoms with Crippen LogP contribution in [0.3, 0.4) is 0 Å². The normalized spacial score (nSPS) is 21.4. The molecule has 1 aromatic carbocycles. The number of hydrogen-bond acceptors (Lipinski definition) is 6. The lowest BCUT2D eigenvalue weighted by atomic mass is 10.1. The monoisotopic (exact) mass is 364 g/mol. The summed E-state index contributed by atoms with van der Waals surface area (Å²) in [7, 11) is 0. The number of likely N-dealkylation sites (tertiary alicyclic amines) is 1. The summed E-state index contributed by atoms with van der Waals surface area (Å²) >= 11 is 0. The third kappa shape index (κ3) is 3.53. The lowest BCUT2D eigenvalue weighted by molar-refractivity contribution is 0.104. The number of phenols is 1. The molecule has 3 N–H and O–H groups in total. The molecule has 2 aliphatic heterocycles. The van der Waals surface area contributed by atoms with Gasteiger partial charge in [0.05, 0.1) is 5.56 Å². The molecule has 0 saturated carbocycles.